The maximum atomic E-state index is 12.7. The molecule has 128 valence electrons. The van der Waals surface area contributed by atoms with Crippen molar-refractivity contribution in [3.05, 3.63) is 29.3 Å². The molecule has 1 saturated carbocycles. The molecule has 6 heteroatoms. The number of aliphatic hydroxyl groups excluding tert-OH is 1. The maximum Gasteiger partial charge on any atom is 0.226 e. The van der Waals surface area contributed by atoms with Crippen molar-refractivity contribution in [3.8, 4) is 5.75 Å². The third-order valence-electron chi connectivity index (χ3n) is 4.95. The molecule has 1 aromatic rings. The van der Waals surface area contributed by atoms with E-state index in [1.165, 1.54) is 11.1 Å². The fraction of sp³-hybridized carbons (Fsp3) is 0.588. The van der Waals surface area contributed by atoms with Gasteiger partial charge in [0, 0.05) is 25.0 Å². The SMILES string of the molecule is COc1ccc2c(c1)CCN(C(=O)[C@H]1CC[C@@H](O)[C@H](N)C1)C2.Cl. The zero-order chi connectivity index (χ0) is 15.7. The van der Waals surface area contributed by atoms with Crippen LogP contribution >= 0.6 is 12.4 Å². The molecule has 1 aromatic carbocycles. The van der Waals surface area contributed by atoms with E-state index in [0.717, 1.165) is 25.1 Å². The Morgan fingerprint density at radius 2 is 2.13 bits per heavy atom. The zero-order valence-corrected chi connectivity index (χ0v) is 14.2. The first-order chi connectivity index (χ1) is 10.6. The number of ether oxygens (including phenoxy) is 1. The number of rotatable bonds is 2. The number of hydrogen-bond donors (Lipinski definition) is 2. The second kappa shape index (κ2) is 7.51. The van der Waals surface area contributed by atoms with Crippen molar-refractivity contribution in [2.24, 2.45) is 11.7 Å². The number of methoxy groups -OCH3 is 1. The minimum atomic E-state index is -0.460. The molecule has 1 amide bonds. The van der Waals surface area contributed by atoms with Crippen molar-refractivity contribution in [2.75, 3.05) is 13.7 Å². The highest BCUT2D eigenvalue weighted by molar-refractivity contribution is 5.85. The van der Waals surface area contributed by atoms with Crippen LogP contribution in [0.3, 0.4) is 0 Å². The number of halogens is 1. The minimum absolute atomic E-state index is 0. The molecule has 3 N–H and O–H groups in total. The number of hydrogen-bond acceptors (Lipinski definition) is 4. The Morgan fingerprint density at radius 1 is 1.35 bits per heavy atom. The van der Waals surface area contributed by atoms with Crippen molar-refractivity contribution in [2.45, 2.75) is 44.4 Å². The van der Waals surface area contributed by atoms with Gasteiger partial charge in [0.1, 0.15) is 5.75 Å². The van der Waals surface area contributed by atoms with Crippen molar-refractivity contribution < 1.29 is 14.6 Å². The second-order valence-electron chi connectivity index (χ2n) is 6.39. The number of nitrogens with zero attached hydrogens (tertiary/aromatic N) is 1. The molecule has 3 rings (SSSR count). The molecule has 1 heterocycles. The van der Waals surface area contributed by atoms with Gasteiger partial charge in [0.15, 0.2) is 0 Å². The largest absolute Gasteiger partial charge is 0.497 e. The van der Waals surface area contributed by atoms with Crippen molar-refractivity contribution in [1.29, 1.82) is 0 Å². The molecule has 23 heavy (non-hydrogen) atoms. The predicted molar refractivity (Wildman–Crippen MR) is 90.7 cm³/mol. The lowest BCUT2D eigenvalue weighted by molar-refractivity contribution is -0.138. The average Bonchev–Trinajstić information content (AvgIpc) is 2.55. The van der Waals surface area contributed by atoms with E-state index in [2.05, 4.69) is 6.07 Å². The van der Waals surface area contributed by atoms with Crippen molar-refractivity contribution in [3.63, 3.8) is 0 Å². The summed E-state index contributed by atoms with van der Waals surface area (Å²) in [4.78, 5) is 14.6. The molecule has 0 saturated heterocycles. The van der Waals surface area contributed by atoms with Crippen LogP contribution in [-0.2, 0) is 17.8 Å². The summed E-state index contributed by atoms with van der Waals surface area (Å²) in [5.41, 5.74) is 8.37. The van der Waals surface area contributed by atoms with Gasteiger partial charge in [-0.15, -0.1) is 12.4 Å². The van der Waals surface area contributed by atoms with E-state index in [1.54, 1.807) is 7.11 Å². The first-order valence-electron chi connectivity index (χ1n) is 7.96. The summed E-state index contributed by atoms with van der Waals surface area (Å²) >= 11 is 0. The first-order valence-corrected chi connectivity index (χ1v) is 7.96. The van der Waals surface area contributed by atoms with Crippen molar-refractivity contribution >= 4 is 18.3 Å². The van der Waals surface area contributed by atoms with Crippen LogP contribution in [0.15, 0.2) is 18.2 Å². The van der Waals surface area contributed by atoms with E-state index in [0.29, 0.717) is 19.4 Å². The van der Waals surface area contributed by atoms with E-state index < -0.39 is 6.10 Å². The fourth-order valence-corrected chi connectivity index (χ4v) is 3.52. The van der Waals surface area contributed by atoms with Gasteiger partial charge in [0.2, 0.25) is 5.91 Å². The van der Waals surface area contributed by atoms with Crippen LogP contribution in [0, 0.1) is 5.92 Å². The highest BCUT2D eigenvalue weighted by Crippen LogP contribution is 2.29. The van der Waals surface area contributed by atoms with Crippen LogP contribution in [0.1, 0.15) is 30.4 Å². The Labute approximate surface area is 143 Å². The highest BCUT2D eigenvalue weighted by atomic mass is 35.5. The number of carbonyl (C=O) groups is 1. The smallest absolute Gasteiger partial charge is 0.226 e. The normalized spacial score (nSPS) is 26.9. The molecule has 0 unspecified atom stereocenters. The third-order valence-corrected chi connectivity index (χ3v) is 4.95. The molecule has 3 atom stereocenters. The summed E-state index contributed by atoms with van der Waals surface area (Å²) in [5.74, 6) is 1.01. The lowest BCUT2D eigenvalue weighted by Crippen LogP contribution is -2.47. The maximum absolute atomic E-state index is 12.7. The minimum Gasteiger partial charge on any atom is -0.497 e. The van der Waals surface area contributed by atoms with Crippen LogP contribution in [0.2, 0.25) is 0 Å². The Morgan fingerprint density at radius 3 is 2.83 bits per heavy atom. The lowest BCUT2D eigenvalue weighted by Gasteiger charge is -2.36. The molecule has 1 aliphatic carbocycles. The van der Waals surface area contributed by atoms with Crippen LogP contribution in [0.25, 0.3) is 0 Å². The lowest BCUT2D eigenvalue weighted by atomic mass is 9.83. The summed E-state index contributed by atoms with van der Waals surface area (Å²) in [6.07, 6.45) is 2.35. The Hall–Kier alpha value is -1.30. The van der Waals surface area contributed by atoms with Crippen LogP contribution in [0.5, 0.6) is 5.75 Å². The quantitative estimate of drug-likeness (QED) is 0.855. The topological polar surface area (TPSA) is 75.8 Å². The fourth-order valence-electron chi connectivity index (χ4n) is 3.52. The van der Waals surface area contributed by atoms with Crippen molar-refractivity contribution in [1.82, 2.24) is 4.90 Å². The molecule has 0 spiro atoms. The second-order valence-corrected chi connectivity index (χ2v) is 6.39. The Bertz CT molecular complexity index is 567. The predicted octanol–water partition coefficient (Wildman–Crippen LogP) is 1.49. The van der Waals surface area contributed by atoms with Gasteiger partial charge in [-0.3, -0.25) is 4.79 Å². The molecule has 0 radical (unpaired) electrons. The number of aliphatic hydroxyl groups is 1. The van der Waals surface area contributed by atoms with Crippen LogP contribution < -0.4 is 10.5 Å². The van der Waals surface area contributed by atoms with Crippen LogP contribution in [0.4, 0.5) is 0 Å². The summed E-state index contributed by atoms with van der Waals surface area (Å²) in [6.45, 7) is 1.40. The number of fused-ring (bicyclic) bond motifs is 1. The van der Waals surface area contributed by atoms with E-state index in [4.69, 9.17) is 10.5 Å². The number of amides is 1. The number of carbonyl (C=O) groups excluding carboxylic acids is 1. The summed E-state index contributed by atoms with van der Waals surface area (Å²) in [7, 11) is 1.67. The van der Waals surface area contributed by atoms with E-state index in [-0.39, 0.29) is 30.3 Å². The molecule has 1 fully saturated rings. The van der Waals surface area contributed by atoms with Gasteiger partial charge in [0.25, 0.3) is 0 Å². The third kappa shape index (κ3) is 3.79. The number of benzene rings is 1. The standard InChI is InChI=1S/C17H24N2O3.ClH/c1-22-14-4-2-13-10-19(7-6-11(13)8-14)17(21)12-3-5-16(20)15(18)9-12;/h2,4,8,12,15-16,20H,3,5-7,9-10,18H2,1H3;1H/t12-,15+,16+;/m0./s1. The molecule has 5 nitrogen and oxygen atoms in total. The van der Waals surface area contributed by atoms with Gasteiger partial charge in [-0.25, -0.2) is 0 Å². The molecule has 2 aliphatic rings. The Balaban J connectivity index is 0.00000192. The first kappa shape index (κ1) is 18.0. The number of nitrogens with two attached hydrogens (primary N) is 1. The molecule has 0 bridgehead atoms. The van der Waals surface area contributed by atoms with E-state index >= 15 is 0 Å². The summed E-state index contributed by atoms with van der Waals surface area (Å²) in [6, 6.07) is 5.78. The molecule has 1 aliphatic heterocycles. The molecular weight excluding hydrogens is 316 g/mol. The van der Waals surface area contributed by atoms with Gasteiger partial charge in [-0.2, -0.15) is 0 Å². The van der Waals surface area contributed by atoms with Gasteiger partial charge in [-0.1, -0.05) is 6.07 Å². The average molecular weight is 341 g/mol. The van der Waals surface area contributed by atoms with Crippen LogP contribution in [-0.4, -0.2) is 41.7 Å². The molecular formula is C17H25ClN2O3. The van der Waals surface area contributed by atoms with E-state index in [9.17, 15) is 9.90 Å². The van der Waals surface area contributed by atoms with Gasteiger partial charge < -0.3 is 20.5 Å². The van der Waals surface area contributed by atoms with Gasteiger partial charge in [0.05, 0.1) is 13.2 Å². The molecule has 0 aromatic heterocycles. The monoisotopic (exact) mass is 340 g/mol. The Kier molecular flexibility index (Phi) is 5.89. The van der Waals surface area contributed by atoms with E-state index in [1.807, 2.05) is 17.0 Å². The van der Waals surface area contributed by atoms with Gasteiger partial charge >= 0.3 is 0 Å². The summed E-state index contributed by atoms with van der Waals surface area (Å²) in [5, 5.41) is 9.71. The summed E-state index contributed by atoms with van der Waals surface area (Å²) < 4.78 is 5.25. The highest BCUT2D eigenvalue weighted by Gasteiger charge is 2.34. The zero-order valence-electron chi connectivity index (χ0n) is 13.4. The van der Waals surface area contributed by atoms with Gasteiger partial charge in [-0.05, 0) is 48.9 Å².